The molecular formula is C19H32N4O3. The minimum Gasteiger partial charge on any atom is -0.493 e. The number of methoxy groups -OCH3 is 1. The van der Waals surface area contributed by atoms with Gasteiger partial charge in [0.05, 0.1) is 13.7 Å². The Labute approximate surface area is 156 Å². The van der Waals surface area contributed by atoms with E-state index in [4.69, 9.17) is 14.2 Å². The van der Waals surface area contributed by atoms with E-state index in [0.717, 1.165) is 44.2 Å². The number of guanidine groups is 1. The topological polar surface area (TPSA) is 67.4 Å². The van der Waals surface area contributed by atoms with Gasteiger partial charge in [0.25, 0.3) is 0 Å². The van der Waals surface area contributed by atoms with Gasteiger partial charge in [-0.1, -0.05) is 0 Å². The standard InChI is InChI=1S/C19H32N4O3/c1-6-26-17-13-15(7-8-16(17)24-5)22-18(20-2)21-14-19(23(3)4)9-11-25-12-10-19/h7-8,13H,6,9-12,14H2,1-5H3,(H2,20,21,22). The normalized spacial score (nSPS) is 17.1. The highest BCUT2D eigenvalue weighted by atomic mass is 16.5. The van der Waals surface area contributed by atoms with Gasteiger partial charge in [0.2, 0.25) is 0 Å². The van der Waals surface area contributed by atoms with Gasteiger partial charge in [0.1, 0.15) is 0 Å². The molecule has 0 unspecified atom stereocenters. The van der Waals surface area contributed by atoms with Crippen molar-refractivity contribution in [2.45, 2.75) is 25.3 Å². The molecule has 146 valence electrons. The first-order chi connectivity index (χ1) is 12.5. The Bertz CT molecular complexity index is 598. The average molecular weight is 364 g/mol. The van der Waals surface area contributed by atoms with E-state index < -0.39 is 0 Å². The number of likely N-dealkylation sites (N-methyl/N-ethyl adjacent to an activating group) is 1. The lowest BCUT2D eigenvalue weighted by atomic mass is 9.88. The molecule has 2 N–H and O–H groups in total. The molecule has 26 heavy (non-hydrogen) atoms. The highest BCUT2D eigenvalue weighted by Crippen LogP contribution is 2.30. The molecule has 1 fully saturated rings. The minimum atomic E-state index is 0.0757. The number of hydrogen-bond acceptors (Lipinski definition) is 5. The van der Waals surface area contributed by atoms with Crippen LogP contribution in [0.25, 0.3) is 0 Å². The lowest BCUT2D eigenvalue weighted by molar-refractivity contribution is -0.00491. The zero-order chi connectivity index (χ0) is 19.0. The summed E-state index contributed by atoms with van der Waals surface area (Å²) in [6.07, 6.45) is 2.00. The van der Waals surface area contributed by atoms with Gasteiger partial charge in [-0.05, 0) is 46.0 Å². The number of anilines is 1. The first-order valence-corrected chi connectivity index (χ1v) is 9.08. The molecule has 0 saturated carbocycles. The minimum absolute atomic E-state index is 0.0757. The predicted octanol–water partition coefficient (Wildman–Crippen LogP) is 2.19. The van der Waals surface area contributed by atoms with Crippen LogP contribution in [0.15, 0.2) is 23.2 Å². The molecule has 1 aliphatic heterocycles. The molecule has 1 saturated heterocycles. The molecule has 2 rings (SSSR count). The van der Waals surface area contributed by atoms with Crippen LogP contribution in [0, 0.1) is 0 Å². The molecule has 7 heteroatoms. The van der Waals surface area contributed by atoms with Gasteiger partial charge in [-0.15, -0.1) is 0 Å². The number of nitrogens with one attached hydrogen (secondary N) is 2. The van der Waals surface area contributed by atoms with Gasteiger partial charge < -0.3 is 29.7 Å². The molecule has 0 aliphatic carbocycles. The van der Waals surface area contributed by atoms with E-state index in [1.165, 1.54) is 0 Å². The molecule has 0 radical (unpaired) electrons. The smallest absolute Gasteiger partial charge is 0.195 e. The van der Waals surface area contributed by atoms with Crippen molar-refractivity contribution in [2.24, 2.45) is 4.99 Å². The second-order valence-corrected chi connectivity index (χ2v) is 6.58. The number of rotatable bonds is 7. The van der Waals surface area contributed by atoms with Gasteiger partial charge in [-0.2, -0.15) is 0 Å². The Hall–Kier alpha value is -1.99. The van der Waals surface area contributed by atoms with Gasteiger partial charge in [-0.3, -0.25) is 4.99 Å². The molecule has 0 atom stereocenters. The summed E-state index contributed by atoms with van der Waals surface area (Å²) in [5.74, 6) is 2.16. The van der Waals surface area contributed by atoms with Crippen LogP contribution in [0.1, 0.15) is 19.8 Å². The van der Waals surface area contributed by atoms with Crippen LogP contribution in [0.5, 0.6) is 11.5 Å². The van der Waals surface area contributed by atoms with Crippen molar-refractivity contribution in [2.75, 3.05) is 59.9 Å². The van der Waals surface area contributed by atoms with E-state index in [2.05, 4.69) is 34.6 Å². The molecule has 0 spiro atoms. The van der Waals surface area contributed by atoms with Crippen molar-refractivity contribution in [3.05, 3.63) is 18.2 Å². The zero-order valence-corrected chi connectivity index (χ0v) is 16.6. The van der Waals surface area contributed by atoms with Crippen LogP contribution in [0.4, 0.5) is 5.69 Å². The summed E-state index contributed by atoms with van der Waals surface area (Å²) >= 11 is 0. The number of nitrogens with zero attached hydrogens (tertiary/aromatic N) is 2. The molecule has 1 aliphatic rings. The fourth-order valence-electron chi connectivity index (χ4n) is 3.12. The largest absolute Gasteiger partial charge is 0.493 e. The van der Waals surface area contributed by atoms with E-state index in [9.17, 15) is 0 Å². The third kappa shape index (κ3) is 5.02. The predicted molar refractivity (Wildman–Crippen MR) is 106 cm³/mol. The molecule has 1 heterocycles. The molecule has 0 aromatic heterocycles. The number of hydrogen-bond donors (Lipinski definition) is 2. The van der Waals surface area contributed by atoms with Gasteiger partial charge in [-0.25, -0.2) is 0 Å². The van der Waals surface area contributed by atoms with Gasteiger partial charge in [0.15, 0.2) is 17.5 Å². The maximum absolute atomic E-state index is 5.64. The monoisotopic (exact) mass is 364 g/mol. The van der Waals surface area contributed by atoms with Gasteiger partial charge in [0, 0.05) is 44.1 Å². The van der Waals surface area contributed by atoms with E-state index in [-0.39, 0.29) is 5.54 Å². The second-order valence-electron chi connectivity index (χ2n) is 6.58. The summed E-state index contributed by atoms with van der Waals surface area (Å²) in [5, 5.41) is 6.79. The maximum atomic E-state index is 5.64. The zero-order valence-electron chi connectivity index (χ0n) is 16.6. The lowest BCUT2D eigenvalue weighted by Gasteiger charge is -2.43. The van der Waals surface area contributed by atoms with E-state index in [1.54, 1.807) is 14.2 Å². The molecular weight excluding hydrogens is 332 g/mol. The summed E-state index contributed by atoms with van der Waals surface area (Å²) in [4.78, 5) is 6.64. The molecule has 0 bridgehead atoms. The molecule has 1 aromatic carbocycles. The van der Waals surface area contributed by atoms with E-state index in [1.807, 2.05) is 25.1 Å². The van der Waals surface area contributed by atoms with Crippen LogP contribution in [-0.4, -0.2) is 71.0 Å². The first-order valence-electron chi connectivity index (χ1n) is 9.08. The Balaban J connectivity index is 2.04. The molecule has 1 aromatic rings. The molecule has 0 amide bonds. The molecule has 7 nitrogen and oxygen atoms in total. The Kier molecular flexibility index (Phi) is 7.53. The highest BCUT2D eigenvalue weighted by Gasteiger charge is 2.34. The number of ether oxygens (including phenoxy) is 3. The van der Waals surface area contributed by atoms with Gasteiger partial charge >= 0.3 is 0 Å². The maximum Gasteiger partial charge on any atom is 0.195 e. The van der Waals surface area contributed by atoms with Crippen molar-refractivity contribution in [1.82, 2.24) is 10.2 Å². The Morgan fingerprint density at radius 2 is 2.00 bits per heavy atom. The van der Waals surface area contributed by atoms with Crippen molar-refractivity contribution in [3.63, 3.8) is 0 Å². The first kappa shape index (κ1) is 20.3. The third-order valence-corrected chi connectivity index (χ3v) is 4.91. The summed E-state index contributed by atoms with van der Waals surface area (Å²) in [6, 6.07) is 5.76. The van der Waals surface area contributed by atoms with Crippen molar-refractivity contribution in [3.8, 4) is 11.5 Å². The summed E-state index contributed by atoms with van der Waals surface area (Å²) in [7, 11) is 7.66. The lowest BCUT2D eigenvalue weighted by Crippen LogP contribution is -2.56. The van der Waals surface area contributed by atoms with Crippen LogP contribution in [0.3, 0.4) is 0 Å². The van der Waals surface area contributed by atoms with Crippen LogP contribution >= 0.6 is 0 Å². The van der Waals surface area contributed by atoms with Crippen LogP contribution < -0.4 is 20.1 Å². The Morgan fingerprint density at radius 3 is 2.58 bits per heavy atom. The Morgan fingerprint density at radius 1 is 1.27 bits per heavy atom. The SMILES string of the molecule is CCOc1cc(NC(=NC)NCC2(N(C)C)CCOCC2)ccc1OC. The fraction of sp³-hybridized carbons (Fsp3) is 0.632. The summed E-state index contributed by atoms with van der Waals surface area (Å²) in [6.45, 7) is 4.93. The van der Waals surface area contributed by atoms with E-state index in [0.29, 0.717) is 18.1 Å². The third-order valence-electron chi connectivity index (χ3n) is 4.91. The van der Waals surface area contributed by atoms with Crippen molar-refractivity contribution in [1.29, 1.82) is 0 Å². The number of aliphatic imine (C=N–C) groups is 1. The van der Waals surface area contributed by atoms with Crippen LogP contribution in [0.2, 0.25) is 0 Å². The summed E-state index contributed by atoms with van der Waals surface area (Å²) < 4.78 is 16.5. The van der Waals surface area contributed by atoms with E-state index >= 15 is 0 Å². The van der Waals surface area contributed by atoms with Crippen molar-refractivity contribution >= 4 is 11.6 Å². The van der Waals surface area contributed by atoms with Crippen molar-refractivity contribution < 1.29 is 14.2 Å². The number of benzene rings is 1. The highest BCUT2D eigenvalue weighted by molar-refractivity contribution is 5.93. The quantitative estimate of drug-likeness (QED) is 0.571. The summed E-state index contributed by atoms with van der Waals surface area (Å²) in [5.41, 5.74) is 0.972. The van der Waals surface area contributed by atoms with Crippen LogP contribution in [-0.2, 0) is 4.74 Å². The second kappa shape index (κ2) is 9.64. The fourth-order valence-corrected chi connectivity index (χ4v) is 3.12. The average Bonchev–Trinajstić information content (AvgIpc) is 2.66.